The molecule has 0 aromatic rings. The second kappa shape index (κ2) is 5.71. The lowest BCUT2D eigenvalue weighted by Crippen LogP contribution is -2.52. The summed E-state index contributed by atoms with van der Waals surface area (Å²) in [5.74, 6) is -0.342. The van der Waals surface area contributed by atoms with Crippen LogP contribution in [-0.2, 0) is 9.59 Å². The number of hydrogen-bond donors (Lipinski definition) is 2. The van der Waals surface area contributed by atoms with Gasteiger partial charge in [-0.3, -0.25) is 4.79 Å². The van der Waals surface area contributed by atoms with Crippen LogP contribution in [-0.4, -0.2) is 52.1 Å². The molecule has 3 unspecified atom stereocenters. The number of carbonyl (C=O) groups excluding carboxylic acids is 1. The number of thioether (sulfide) groups is 1. The molecule has 2 N–H and O–H groups in total. The third-order valence-electron chi connectivity index (χ3n) is 4.34. The monoisotopic (exact) mass is 286 g/mol. The summed E-state index contributed by atoms with van der Waals surface area (Å²) in [4.78, 5) is 25.9. The standard InChI is InChI=1S/C13H22N2O3S/c1-3-10-15(9(7-19-10)11(16)17)12(18)13(4-2)5-6-14-8-13/h9-10,14H,3-8H2,1-2H3,(H,16,17). The van der Waals surface area contributed by atoms with Gasteiger partial charge in [-0.2, -0.15) is 0 Å². The van der Waals surface area contributed by atoms with Gasteiger partial charge in [-0.05, 0) is 25.8 Å². The third-order valence-corrected chi connectivity index (χ3v) is 5.79. The van der Waals surface area contributed by atoms with E-state index in [0.29, 0.717) is 12.3 Å². The maximum Gasteiger partial charge on any atom is 0.327 e. The topological polar surface area (TPSA) is 69.6 Å². The number of carbonyl (C=O) groups is 2. The summed E-state index contributed by atoms with van der Waals surface area (Å²) >= 11 is 1.59. The van der Waals surface area contributed by atoms with Crippen LogP contribution < -0.4 is 5.32 Å². The van der Waals surface area contributed by atoms with Gasteiger partial charge in [0.25, 0.3) is 0 Å². The Kier molecular flexibility index (Phi) is 4.40. The number of nitrogens with one attached hydrogen (secondary N) is 1. The first-order valence-corrected chi connectivity index (χ1v) is 7.98. The molecule has 2 heterocycles. The number of rotatable bonds is 4. The molecule has 3 atom stereocenters. The van der Waals surface area contributed by atoms with Gasteiger partial charge in [0.1, 0.15) is 6.04 Å². The van der Waals surface area contributed by atoms with Crippen molar-refractivity contribution in [1.82, 2.24) is 10.2 Å². The molecule has 0 aliphatic carbocycles. The van der Waals surface area contributed by atoms with Crippen molar-refractivity contribution < 1.29 is 14.7 Å². The highest BCUT2D eigenvalue weighted by Gasteiger charge is 2.49. The summed E-state index contributed by atoms with van der Waals surface area (Å²) in [5.41, 5.74) is -0.397. The van der Waals surface area contributed by atoms with Crippen molar-refractivity contribution in [3.63, 3.8) is 0 Å². The highest BCUT2D eigenvalue weighted by molar-refractivity contribution is 8.00. The van der Waals surface area contributed by atoms with Gasteiger partial charge in [0.15, 0.2) is 0 Å². The zero-order valence-electron chi connectivity index (χ0n) is 11.5. The Balaban J connectivity index is 2.25. The van der Waals surface area contributed by atoms with E-state index in [0.717, 1.165) is 25.8 Å². The normalized spacial score (nSPS) is 34.7. The van der Waals surface area contributed by atoms with Gasteiger partial charge in [0.2, 0.25) is 5.91 Å². The molecule has 0 aromatic heterocycles. The fourth-order valence-electron chi connectivity index (χ4n) is 2.99. The molecule has 0 saturated carbocycles. The van der Waals surface area contributed by atoms with Crippen molar-refractivity contribution in [3.05, 3.63) is 0 Å². The van der Waals surface area contributed by atoms with Crippen LogP contribution in [0.1, 0.15) is 33.1 Å². The van der Waals surface area contributed by atoms with Crippen LogP contribution in [0, 0.1) is 5.41 Å². The van der Waals surface area contributed by atoms with Crippen LogP contribution in [0.5, 0.6) is 0 Å². The molecule has 0 aromatic carbocycles. The largest absolute Gasteiger partial charge is 0.480 e. The maximum absolute atomic E-state index is 12.9. The maximum atomic E-state index is 12.9. The summed E-state index contributed by atoms with van der Waals surface area (Å²) in [6, 6.07) is -0.661. The molecule has 108 valence electrons. The Morgan fingerprint density at radius 1 is 1.47 bits per heavy atom. The molecular weight excluding hydrogens is 264 g/mol. The minimum Gasteiger partial charge on any atom is -0.480 e. The molecule has 1 amide bonds. The third kappa shape index (κ3) is 2.48. The molecule has 2 rings (SSSR count). The number of nitrogens with zero attached hydrogens (tertiary/aromatic N) is 1. The second-order valence-corrected chi connectivity index (χ2v) is 6.53. The van der Waals surface area contributed by atoms with E-state index < -0.39 is 17.4 Å². The lowest BCUT2D eigenvalue weighted by atomic mass is 9.82. The quantitative estimate of drug-likeness (QED) is 0.811. The molecule has 0 bridgehead atoms. The zero-order chi connectivity index (χ0) is 14.0. The Hall–Kier alpha value is -0.750. The van der Waals surface area contributed by atoms with Gasteiger partial charge in [-0.1, -0.05) is 13.8 Å². The van der Waals surface area contributed by atoms with Gasteiger partial charge < -0.3 is 15.3 Å². The number of aliphatic carboxylic acids is 1. The Morgan fingerprint density at radius 2 is 2.21 bits per heavy atom. The van der Waals surface area contributed by atoms with E-state index in [-0.39, 0.29) is 11.3 Å². The van der Waals surface area contributed by atoms with Crippen LogP contribution in [0.2, 0.25) is 0 Å². The Labute approximate surface area is 118 Å². The van der Waals surface area contributed by atoms with E-state index in [1.54, 1.807) is 16.7 Å². The SMILES string of the molecule is CCC1SCC(C(=O)O)N1C(=O)C1(CC)CCNC1. The van der Waals surface area contributed by atoms with E-state index in [4.69, 9.17) is 0 Å². The Morgan fingerprint density at radius 3 is 2.68 bits per heavy atom. The lowest BCUT2D eigenvalue weighted by Gasteiger charge is -2.35. The second-order valence-electron chi connectivity index (χ2n) is 5.32. The van der Waals surface area contributed by atoms with Gasteiger partial charge in [0, 0.05) is 12.3 Å². The van der Waals surface area contributed by atoms with E-state index >= 15 is 0 Å². The first-order chi connectivity index (χ1) is 9.05. The first kappa shape index (κ1) is 14.7. The van der Waals surface area contributed by atoms with Crippen LogP contribution in [0.25, 0.3) is 0 Å². The molecular formula is C13H22N2O3S. The zero-order valence-corrected chi connectivity index (χ0v) is 12.3. The predicted octanol–water partition coefficient (Wildman–Crippen LogP) is 1.14. The van der Waals surface area contributed by atoms with Crippen molar-refractivity contribution in [2.24, 2.45) is 5.41 Å². The summed E-state index contributed by atoms with van der Waals surface area (Å²) in [6.07, 6.45) is 2.38. The van der Waals surface area contributed by atoms with Gasteiger partial charge >= 0.3 is 5.97 Å². The average Bonchev–Trinajstić information content (AvgIpc) is 3.04. The summed E-state index contributed by atoms with van der Waals surface area (Å²) in [5, 5.41) is 12.6. The molecule has 5 nitrogen and oxygen atoms in total. The molecule has 6 heteroatoms. The van der Waals surface area contributed by atoms with Crippen molar-refractivity contribution in [3.8, 4) is 0 Å². The highest BCUT2D eigenvalue weighted by atomic mass is 32.2. The fourth-order valence-corrected chi connectivity index (χ4v) is 4.34. The van der Waals surface area contributed by atoms with Crippen LogP contribution in [0.4, 0.5) is 0 Å². The van der Waals surface area contributed by atoms with Gasteiger partial charge in [-0.15, -0.1) is 11.8 Å². The molecule has 0 radical (unpaired) electrons. The average molecular weight is 286 g/mol. The molecule has 0 spiro atoms. The summed E-state index contributed by atoms with van der Waals surface area (Å²) in [6.45, 7) is 5.54. The first-order valence-electron chi connectivity index (χ1n) is 6.93. The number of carboxylic acid groups (broad SMARTS) is 1. The minimum atomic E-state index is -0.881. The van der Waals surface area contributed by atoms with Crippen LogP contribution >= 0.6 is 11.8 Å². The molecule has 2 aliphatic heterocycles. The van der Waals surface area contributed by atoms with Gasteiger partial charge in [0.05, 0.1) is 10.8 Å². The minimum absolute atomic E-state index is 0.0117. The van der Waals surface area contributed by atoms with Crippen LogP contribution in [0.3, 0.4) is 0 Å². The van der Waals surface area contributed by atoms with Crippen molar-refractivity contribution in [2.45, 2.75) is 44.5 Å². The molecule has 2 fully saturated rings. The summed E-state index contributed by atoms with van der Waals surface area (Å²) in [7, 11) is 0. The fraction of sp³-hybridized carbons (Fsp3) is 0.846. The lowest BCUT2D eigenvalue weighted by molar-refractivity contribution is -0.154. The van der Waals surface area contributed by atoms with Crippen LogP contribution in [0.15, 0.2) is 0 Å². The molecule has 2 aliphatic rings. The van der Waals surface area contributed by atoms with E-state index in [9.17, 15) is 14.7 Å². The van der Waals surface area contributed by atoms with E-state index in [2.05, 4.69) is 5.32 Å². The number of carboxylic acids is 1. The number of amides is 1. The summed E-state index contributed by atoms with van der Waals surface area (Å²) < 4.78 is 0. The number of hydrogen-bond acceptors (Lipinski definition) is 4. The highest BCUT2D eigenvalue weighted by Crippen LogP contribution is 2.39. The van der Waals surface area contributed by atoms with E-state index in [1.165, 1.54) is 0 Å². The smallest absolute Gasteiger partial charge is 0.327 e. The molecule has 2 saturated heterocycles. The van der Waals surface area contributed by atoms with Crippen molar-refractivity contribution >= 4 is 23.6 Å². The predicted molar refractivity (Wildman–Crippen MR) is 75.0 cm³/mol. The Bertz CT molecular complexity index is 369. The van der Waals surface area contributed by atoms with Crippen molar-refractivity contribution in [2.75, 3.05) is 18.8 Å². The van der Waals surface area contributed by atoms with Gasteiger partial charge in [-0.25, -0.2) is 4.79 Å². The van der Waals surface area contributed by atoms with E-state index in [1.807, 2.05) is 13.8 Å². The van der Waals surface area contributed by atoms with Crippen molar-refractivity contribution in [1.29, 1.82) is 0 Å². The molecule has 19 heavy (non-hydrogen) atoms.